The molecule has 0 saturated carbocycles. The lowest BCUT2D eigenvalue weighted by Crippen LogP contribution is -2.17. The van der Waals surface area contributed by atoms with Gasteiger partial charge in [-0.05, 0) is 61.4 Å². The van der Waals surface area contributed by atoms with Crippen molar-refractivity contribution in [3.05, 3.63) is 71.4 Å². The van der Waals surface area contributed by atoms with Crippen LogP contribution < -0.4 is 5.32 Å². The van der Waals surface area contributed by atoms with Crippen LogP contribution >= 0.6 is 0 Å². The molecule has 1 N–H and O–H groups in total. The van der Waals surface area contributed by atoms with Crippen molar-refractivity contribution in [3.8, 4) is 16.9 Å². The van der Waals surface area contributed by atoms with Crippen LogP contribution in [0.15, 0.2) is 53.4 Å². The molecule has 1 amide bonds. The standard InChI is InChI=1S/C28H32N6O3/c1-18-5-6-21(27(35)30-26-14-25(37-32-26)28(2,3)4)13-24(18)34-17-23(31-33-34)22-12-20(15-29-16-22)11-19-7-9-36-10-8-19/h5-6,12-17,19H,7-11H2,1-4H3,(H,30,32,35). The third-order valence-electron chi connectivity index (χ3n) is 6.66. The Morgan fingerprint density at radius 1 is 1.14 bits per heavy atom. The number of ether oxygens (including phenoxy) is 1. The van der Waals surface area contributed by atoms with Gasteiger partial charge in [-0.3, -0.25) is 9.78 Å². The number of amides is 1. The zero-order chi connectivity index (χ0) is 26.0. The van der Waals surface area contributed by atoms with Crippen molar-refractivity contribution in [3.63, 3.8) is 0 Å². The fraction of sp³-hybridized carbons (Fsp3) is 0.393. The Morgan fingerprint density at radius 2 is 1.95 bits per heavy atom. The Balaban J connectivity index is 1.33. The van der Waals surface area contributed by atoms with Crippen LogP contribution in [-0.4, -0.2) is 44.3 Å². The number of hydrogen-bond acceptors (Lipinski definition) is 7. The molecule has 5 rings (SSSR count). The Kier molecular flexibility index (Phi) is 6.88. The number of pyridine rings is 1. The molecule has 4 heterocycles. The van der Waals surface area contributed by atoms with Crippen molar-refractivity contribution in [2.45, 2.75) is 52.4 Å². The zero-order valence-electron chi connectivity index (χ0n) is 21.7. The summed E-state index contributed by atoms with van der Waals surface area (Å²) in [4.78, 5) is 17.4. The smallest absolute Gasteiger partial charge is 0.256 e. The van der Waals surface area contributed by atoms with Crippen molar-refractivity contribution in [2.75, 3.05) is 18.5 Å². The molecule has 0 atom stereocenters. The van der Waals surface area contributed by atoms with Crippen molar-refractivity contribution in [2.24, 2.45) is 5.92 Å². The van der Waals surface area contributed by atoms with Crippen LogP contribution in [0.2, 0.25) is 0 Å². The molecular formula is C28H32N6O3. The summed E-state index contributed by atoms with van der Waals surface area (Å²) in [5.41, 5.74) is 4.87. The molecule has 1 saturated heterocycles. The Labute approximate surface area is 216 Å². The summed E-state index contributed by atoms with van der Waals surface area (Å²) in [5, 5.41) is 15.5. The maximum Gasteiger partial charge on any atom is 0.256 e. The molecule has 0 unspecified atom stereocenters. The van der Waals surface area contributed by atoms with Crippen molar-refractivity contribution in [1.29, 1.82) is 0 Å². The van der Waals surface area contributed by atoms with Crippen molar-refractivity contribution >= 4 is 11.7 Å². The lowest BCUT2D eigenvalue weighted by Gasteiger charge is -2.21. The van der Waals surface area contributed by atoms with E-state index in [4.69, 9.17) is 9.26 Å². The van der Waals surface area contributed by atoms with Crippen molar-refractivity contribution in [1.82, 2.24) is 25.1 Å². The summed E-state index contributed by atoms with van der Waals surface area (Å²) in [6.07, 6.45) is 8.75. The highest BCUT2D eigenvalue weighted by molar-refractivity contribution is 6.04. The molecular weight excluding hydrogens is 468 g/mol. The van der Waals surface area contributed by atoms with Gasteiger partial charge >= 0.3 is 0 Å². The molecule has 37 heavy (non-hydrogen) atoms. The Bertz CT molecular complexity index is 1390. The lowest BCUT2D eigenvalue weighted by atomic mass is 9.92. The average molecular weight is 501 g/mol. The highest BCUT2D eigenvalue weighted by Crippen LogP contribution is 2.26. The van der Waals surface area contributed by atoms with E-state index in [2.05, 4.69) is 31.8 Å². The predicted octanol–water partition coefficient (Wildman–Crippen LogP) is 5.14. The first kappa shape index (κ1) is 24.8. The zero-order valence-corrected chi connectivity index (χ0v) is 21.7. The second-order valence-electron chi connectivity index (χ2n) is 10.7. The summed E-state index contributed by atoms with van der Waals surface area (Å²) >= 11 is 0. The number of nitrogens with zero attached hydrogens (tertiary/aromatic N) is 5. The summed E-state index contributed by atoms with van der Waals surface area (Å²) < 4.78 is 12.6. The third kappa shape index (κ3) is 5.77. The molecule has 9 heteroatoms. The van der Waals surface area contributed by atoms with E-state index in [1.54, 1.807) is 22.9 Å². The van der Waals surface area contributed by atoms with Gasteiger partial charge in [0.1, 0.15) is 11.5 Å². The van der Waals surface area contributed by atoms with Crippen LogP contribution in [-0.2, 0) is 16.6 Å². The maximum atomic E-state index is 12.9. The second-order valence-corrected chi connectivity index (χ2v) is 10.7. The monoisotopic (exact) mass is 500 g/mol. The van der Waals surface area contributed by atoms with Gasteiger partial charge in [-0.15, -0.1) is 5.10 Å². The molecule has 1 aromatic carbocycles. The van der Waals surface area contributed by atoms with Gasteiger partial charge in [-0.2, -0.15) is 0 Å². The summed E-state index contributed by atoms with van der Waals surface area (Å²) in [7, 11) is 0. The number of aromatic nitrogens is 5. The fourth-order valence-corrected chi connectivity index (χ4v) is 4.41. The first-order valence-electron chi connectivity index (χ1n) is 12.6. The molecule has 1 aliphatic rings. The van der Waals surface area contributed by atoms with Gasteiger partial charge in [0.2, 0.25) is 0 Å². The highest BCUT2D eigenvalue weighted by Gasteiger charge is 2.21. The van der Waals surface area contributed by atoms with Crippen molar-refractivity contribution < 1.29 is 14.1 Å². The first-order valence-corrected chi connectivity index (χ1v) is 12.6. The maximum absolute atomic E-state index is 12.9. The Morgan fingerprint density at radius 3 is 2.70 bits per heavy atom. The van der Waals surface area contributed by atoms with Gasteiger partial charge in [0.15, 0.2) is 5.82 Å². The topological polar surface area (TPSA) is 108 Å². The van der Waals surface area contributed by atoms with Gasteiger partial charge < -0.3 is 14.6 Å². The van der Waals surface area contributed by atoms with E-state index < -0.39 is 0 Å². The predicted molar refractivity (Wildman–Crippen MR) is 140 cm³/mol. The Hall–Kier alpha value is -3.85. The van der Waals surface area contributed by atoms with E-state index in [0.29, 0.717) is 23.1 Å². The molecule has 3 aromatic heterocycles. The van der Waals surface area contributed by atoms with Gasteiger partial charge in [-0.1, -0.05) is 37.2 Å². The van der Waals surface area contributed by atoms with E-state index in [1.807, 2.05) is 52.4 Å². The molecule has 9 nitrogen and oxygen atoms in total. The number of carbonyl (C=O) groups is 1. The molecule has 1 fully saturated rings. The van der Waals surface area contributed by atoms with E-state index in [0.717, 1.165) is 55.0 Å². The summed E-state index contributed by atoms with van der Waals surface area (Å²) in [6, 6.07) is 9.36. The second kappa shape index (κ2) is 10.3. The van der Waals surface area contributed by atoms with Gasteiger partial charge in [-0.25, -0.2) is 4.68 Å². The molecule has 1 aliphatic heterocycles. The van der Waals surface area contributed by atoms with Crippen LogP contribution in [0, 0.1) is 12.8 Å². The van der Waals surface area contributed by atoms with E-state index in [1.165, 1.54) is 5.56 Å². The number of carbonyl (C=O) groups excluding carboxylic acids is 1. The third-order valence-corrected chi connectivity index (χ3v) is 6.66. The highest BCUT2D eigenvalue weighted by atomic mass is 16.5. The number of aryl methyl sites for hydroxylation is 1. The number of nitrogens with one attached hydrogen (secondary N) is 1. The molecule has 0 aliphatic carbocycles. The van der Waals surface area contributed by atoms with Crippen LogP contribution in [0.1, 0.15) is 60.9 Å². The van der Waals surface area contributed by atoms with Crippen LogP contribution in [0.4, 0.5) is 5.82 Å². The molecule has 0 bridgehead atoms. The SMILES string of the molecule is Cc1ccc(C(=O)Nc2cc(C(C)(C)C)on2)cc1-n1cc(-c2cncc(CC3CCOCC3)c2)nn1. The van der Waals surface area contributed by atoms with Crippen LogP contribution in [0.3, 0.4) is 0 Å². The minimum Gasteiger partial charge on any atom is -0.381 e. The summed E-state index contributed by atoms with van der Waals surface area (Å²) in [5.74, 6) is 1.43. The van der Waals surface area contributed by atoms with Crippen LogP contribution in [0.25, 0.3) is 16.9 Å². The number of rotatable bonds is 6. The van der Waals surface area contributed by atoms with Crippen LogP contribution in [0.5, 0.6) is 0 Å². The normalized spacial score (nSPS) is 14.6. The molecule has 0 spiro atoms. The van der Waals surface area contributed by atoms with E-state index >= 15 is 0 Å². The summed E-state index contributed by atoms with van der Waals surface area (Å²) in [6.45, 7) is 9.71. The van der Waals surface area contributed by atoms with Gasteiger partial charge in [0.25, 0.3) is 5.91 Å². The molecule has 192 valence electrons. The minimum atomic E-state index is -0.277. The minimum absolute atomic E-state index is 0.197. The quantitative estimate of drug-likeness (QED) is 0.390. The first-order chi connectivity index (χ1) is 17.8. The van der Waals surface area contributed by atoms with E-state index in [9.17, 15) is 4.79 Å². The number of hydrogen-bond donors (Lipinski definition) is 1. The molecule has 0 radical (unpaired) electrons. The average Bonchev–Trinajstić information content (AvgIpc) is 3.55. The molecule has 4 aromatic rings. The fourth-order valence-electron chi connectivity index (χ4n) is 4.41. The number of benzene rings is 1. The largest absolute Gasteiger partial charge is 0.381 e. The van der Waals surface area contributed by atoms with Gasteiger partial charge in [0.05, 0.1) is 11.9 Å². The number of anilines is 1. The van der Waals surface area contributed by atoms with E-state index in [-0.39, 0.29) is 11.3 Å². The lowest BCUT2D eigenvalue weighted by molar-refractivity contribution is 0.0665. The van der Waals surface area contributed by atoms with Gasteiger partial charge in [0, 0.05) is 48.2 Å².